The lowest BCUT2D eigenvalue weighted by Crippen LogP contribution is -2.13. The van der Waals surface area contributed by atoms with Gasteiger partial charge in [-0.25, -0.2) is 8.42 Å². The molecule has 2 N–H and O–H groups in total. The van der Waals surface area contributed by atoms with Crippen molar-refractivity contribution in [1.82, 2.24) is 10.1 Å². The molecule has 0 saturated heterocycles. The van der Waals surface area contributed by atoms with E-state index in [1.807, 2.05) is 6.92 Å². The van der Waals surface area contributed by atoms with Gasteiger partial charge in [-0.2, -0.15) is 4.98 Å². The van der Waals surface area contributed by atoms with Crippen LogP contribution in [0.1, 0.15) is 43.5 Å². The molecular formula is C17H24N4O4S. The number of rotatable bonds is 9. The molecule has 0 fully saturated rings. The molecule has 9 heteroatoms. The molecule has 0 radical (unpaired) electrons. The molecule has 26 heavy (non-hydrogen) atoms. The zero-order valence-corrected chi connectivity index (χ0v) is 16.0. The number of nitrogens with one attached hydrogen (secondary N) is 2. The van der Waals surface area contributed by atoms with Crippen LogP contribution in [0.3, 0.4) is 0 Å². The van der Waals surface area contributed by atoms with Gasteiger partial charge in [0.15, 0.2) is 5.82 Å². The van der Waals surface area contributed by atoms with Gasteiger partial charge in [0, 0.05) is 24.9 Å². The summed E-state index contributed by atoms with van der Waals surface area (Å²) in [5.41, 5.74) is 1.75. The number of benzene rings is 1. The molecule has 142 valence electrons. The topological polar surface area (TPSA) is 114 Å². The number of hydrogen-bond acceptors (Lipinski definition) is 6. The third-order valence-electron chi connectivity index (χ3n) is 3.59. The number of hydrogen-bond donors (Lipinski definition) is 2. The number of anilines is 2. The predicted octanol–water partition coefficient (Wildman–Crippen LogP) is 2.66. The van der Waals surface area contributed by atoms with Crippen LogP contribution in [0.15, 0.2) is 22.7 Å². The van der Waals surface area contributed by atoms with Crippen molar-refractivity contribution >= 4 is 27.3 Å². The fourth-order valence-electron chi connectivity index (χ4n) is 2.35. The number of nitrogens with zero attached hydrogens (tertiary/aromatic N) is 2. The summed E-state index contributed by atoms with van der Waals surface area (Å²) < 4.78 is 30.3. The highest BCUT2D eigenvalue weighted by molar-refractivity contribution is 7.92. The van der Waals surface area contributed by atoms with Crippen LogP contribution < -0.4 is 10.0 Å². The largest absolute Gasteiger partial charge is 0.339 e. The molecule has 8 nitrogen and oxygen atoms in total. The summed E-state index contributed by atoms with van der Waals surface area (Å²) in [6.45, 7) is 3.83. The number of carbonyl (C=O) groups excluding carboxylic acids is 1. The maximum Gasteiger partial charge on any atom is 0.229 e. The van der Waals surface area contributed by atoms with Gasteiger partial charge < -0.3 is 9.84 Å². The van der Waals surface area contributed by atoms with Crippen LogP contribution in [-0.2, 0) is 27.7 Å². The molecule has 1 aromatic heterocycles. The van der Waals surface area contributed by atoms with E-state index in [9.17, 15) is 13.2 Å². The second kappa shape index (κ2) is 8.79. The quantitative estimate of drug-likeness (QED) is 0.691. The van der Waals surface area contributed by atoms with Crippen molar-refractivity contribution < 1.29 is 17.7 Å². The van der Waals surface area contributed by atoms with E-state index >= 15 is 0 Å². The summed E-state index contributed by atoms with van der Waals surface area (Å²) in [6.07, 6.45) is 4.24. The van der Waals surface area contributed by atoms with Crippen molar-refractivity contribution in [2.75, 3.05) is 16.3 Å². The number of sulfonamides is 1. The minimum Gasteiger partial charge on any atom is -0.339 e. The Morgan fingerprint density at radius 2 is 2.04 bits per heavy atom. The SMILES string of the molecule is CCCc1noc(CCCC(=O)Nc2ccc(C)c(NS(C)(=O)=O)c2)n1. The molecule has 0 aliphatic rings. The highest BCUT2D eigenvalue weighted by Crippen LogP contribution is 2.21. The molecular weight excluding hydrogens is 356 g/mol. The summed E-state index contributed by atoms with van der Waals surface area (Å²) in [7, 11) is -3.38. The number of carbonyl (C=O) groups is 1. The van der Waals surface area contributed by atoms with E-state index in [1.165, 1.54) is 0 Å². The number of aromatic nitrogens is 2. The van der Waals surface area contributed by atoms with Gasteiger partial charge in [0.2, 0.25) is 21.8 Å². The fourth-order valence-corrected chi connectivity index (χ4v) is 2.97. The van der Waals surface area contributed by atoms with Crippen molar-refractivity contribution in [3.05, 3.63) is 35.5 Å². The van der Waals surface area contributed by atoms with Crippen molar-refractivity contribution in [2.24, 2.45) is 0 Å². The maximum atomic E-state index is 12.1. The average molecular weight is 380 g/mol. The van der Waals surface area contributed by atoms with E-state index < -0.39 is 10.0 Å². The highest BCUT2D eigenvalue weighted by atomic mass is 32.2. The monoisotopic (exact) mass is 380 g/mol. The van der Waals surface area contributed by atoms with E-state index in [0.717, 1.165) is 24.7 Å². The van der Waals surface area contributed by atoms with Crippen LogP contribution in [-0.4, -0.2) is 30.7 Å². The Balaban J connectivity index is 1.86. The van der Waals surface area contributed by atoms with Crippen molar-refractivity contribution in [3.63, 3.8) is 0 Å². The Labute approximate surface area is 153 Å². The van der Waals surface area contributed by atoms with Gasteiger partial charge in [-0.1, -0.05) is 18.1 Å². The van der Waals surface area contributed by atoms with E-state index in [2.05, 4.69) is 20.2 Å². The Bertz CT molecular complexity index is 861. The van der Waals surface area contributed by atoms with E-state index in [0.29, 0.717) is 42.4 Å². The molecule has 0 aliphatic carbocycles. The highest BCUT2D eigenvalue weighted by Gasteiger charge is 2.10. The predicted molar refractivity (Wildman–Crippen MR) is 99.5 cm³/mol. The first-order valence-electron chi connectivity index (χ1n) is 8.46. The van der Waals surface area contributed by atoms with E-state index in [-0.39, 0.29) is 5.91 Å². The van der Waals surface area contributed by atoms with Crippen LogP contribution in [0.5, 0.6) is 0 Å². The first-order valence-corrected chi connectivity index (χ1v) is 10.4. The molecule has 0 atom stereocenters. The van der Waals surface area contributed by atoms with Crippen LogP contribution in [0.4, 0.5) is 11.4 Å². The third kappa shape index (κ3) is 6.47. The van der Waals surface area contributed by atoms with Crippen molar-refractivity contribution in [1.29, 1.82) is 0 Å². The van der Waals surface area contributed by atoms with E-state index in [4.69, 9.17) is 4.52 Å². The summed E-state index contributed by atoms with van der Waals surface area (Å²) in [5.74, 6) is 1.07. The zero-order valence-electron chi connectivity index (χ0n) is 15.2. The maximum absolute atomic E-state index is 12.1. The Morgan fingerprint density at radius 3 is 2.73 bits per heavy atom. The fraction of sp³-hybridized carbons (Fsp3) is 0.471. The molecule has 0 unspecified atom stereocenters. The van der Waals surface area contributed by atoms with Crippen LogP contribution >= 0.6 is 0 Å². The Hall–Kier alpha value is -2.42. The van der Waals surface area contributed by atoms with Gasteiger partial charge in [-0.05, 0) is 37.5 Å². The molecule has 1 aromatic carbocycles. The summed E-state index contributed by atoms with van der Waals surface area (Å²) in [5, 5.41) is 6.64. The Morgan fingerprint density at radius 1 is 1.27 bits per heavy atom. The molecule has 0 saturated carbocycles. The molecule has 2 aromatic rings. The molecule has 1 amide bonds. The lowest BCUT2D eigenvalue weighted by atomic mass is 10.1. The van der Waals surface area contributed by atoms with Gasteiger partial charge in [-0.3, -0.25) is 9.52 Å². The second-order valence-electron chi connectivity index (χ2n) is 6.16. The molecule has 0 aliphatic heterocycles. The number of amides is 1. The summed E-state index contributed by atoms with van der Waals surface area (Å²) in [4.78, 5) is 16.3. The average Bonchev–Trinajstić information content (AvgIpc) is 2.97. The van der Waals surface area contributed by atoms with E-state index in [1.54, 1.807) is 25.1 Å². The first-order chi connectivity index (χ1) is 12.3. The minimum absolute atomic E-state index is 0.160. The molecule has 0 spiro atoms. The van der Waals surface area contributed by atoms with Crippen LogP contribution in [0.25, 0.3) is 0 Å². The summed E-state index contributed by atoms with van der Waals surface area (Å²) >= 11 is 0. The van der Waals surface area contributed by atoms with Gasteiger partial charge in [0.25, 0.3) is 0 Å². The van der Waals surface area contributed by atoms with Crippen LogP contribution in [0, 0.1) is 6.92 Å². The zero-order chi connectivity index (χ0) is 19.2. The van der Waals surface area contributed by atoms with Crippen LogP contribution in [0.2, 0.25) is 0 Å². The molecule has 1 heterocycles. The van der Waals surface area contributed by atoms with Crippen molar-refractivity contribution in [3.8, 4) is 0 Å². The standard InChI is InChI=1S/C17H24N4O4S/c1-4-6-15-19-17(25-20-15)8-5-7-16(22)18-13-10-9-12(2)14(11-13)21-26(3,23)24/h9-11,21H,4-8H2,1-3H3,(H,18,22). The lowest BCUT2D eigenvalue weighted by molar-refractivity contribution is -0.116. The summed E-state index contributed by atoms with van der Waals surface area (Å²) in [6, 6.07) is 5.08. The smallest absolute Gasteiger partial charge is 0.229 e. The molecule has 2 rings (SSSR count). The van der Waals surface area contributed by atoms with Gasteiger partial charge in [-0.15, -0.1) is 0 Å². The van der Waals surface area contributed by atoms with Crippen molar-refractivity contribution in [2.45, 2.75) is 46.0 Å². The minimum atomic E-state index is -3.38. The lowest BCUT2D eigenvalue weighted by Gasteiger charge is -2.11. The number of aryl methyl sites for hydroxylation is 3. The van der Waals surface area contributed by atoms with Gasteiger partial charge in [0.1, 0.15) is 0 Å². The normalized spacial score (nSPS) is 11.3. The third-order valence-corrected chi connectivity index (χ3v) is 4.19. The van der Waals surface area contributed by atoms with Gasteiger partial charge in [0.05, 0.1) is 11.9 Å². The second-order valence-corrected chi connectivity index (χ2v) is 7.91. The first kappa shape index (κ1) is 19.9. The van der Waals surface area contributed by atoms with Gasteiger partial charge >= 0.3 is 0 Å². The molecule has 0 bridgehead atoms. The Kier molecular flexibility index (Phi) is 6.73.